The molecule has 0 aliphatic rings. The predicted octanol–water partition coefficient (Wildman–Crippen LogP) is 1.32. The third-order valence-corrected chi connectivity index (χ3v) is 2.24. The Bertz CT molecular complexity index is 423. The molecular weight excluding hydrogens is 236 g/mol. The van der Waals surface area contributed by atoms with Crippen LogP contribution >= 0.6 is 0 Å². The summed E-state index contributed by atoms with van der Waals surface area (Å²) in [7, 11) is 0. The van der Waals surface area contributed by atoms with Crippen LogP contribution in [0.3, 0.4) is 0 Å². The molecule has 1 amide bonds. The quantitative estimate of drug-likeness (QED) is 0.563. The van der Waals surface area contributed by atoms with Crippen molar-refractivity contribution in [1.82, 2.24) is 10.3 Å². The lowest BCUT2D eigenvalue weighted by molar-refractivity contribution is -0.384. The molecule has 1 heterocycles. The van der Waals surface area contributed by atoms with E-state index in [-0.39, 0.29) is 18.0 Å². The number of nitrogens with zero attached hydrogens (tertiary/aromatic N) is 2. The average Bonchev–Trinajstić information content (AvgIpc) is 2.36. The number of pyridine rings is 1. The zero-order valence-corrected chi connectivity index (χ0v) is 10.2. The number of nitrogens with one attached hydrogen (secondary N) is 2. The number of nitro groups is 1. The van der Waals surface area contributed by atoms with E-state index in [2.05, 4.69) is 15.6 Å². The summed E-state index contributed by atoms with van der Waals surface area (Å²) in [5.41, 5.74) is 0.282. The van der Waals surface area contributed by atoms with Gasteiger partial charge in [0.1, 0.15) is 11.9 Å². The van der Waals surface area contributed by atoms with E-state index in [4.69, 9.17) is 0 Å². The summed E-state index contributed by atoms with van der Waals surface area (Å²) in [6.07, 6.45) is 3.81. The van der Waals surface area contributed by atoms with Crippen LogP contribution in [0.15, 0.2) is 18.5 Å². The molecule has 0 aromatic carbocycles. The van der Waals surface area contributed by atoms with Crippen molar-refractivity contribution in [2.24, 2.45) is 0 Å². The van der Waals surface area contributed by atoms with E-state index in [1.54, 1.807) is 0 Å². The fraction of sp³-hybridized carbons (Fsp3) is 0.455. The van der Waals surface area contributed by atoms with Crippen LogP contribution in [0.1, 0.15) is 19.8 Å². The standard InChI is InChI=1S/C11H16N4O3/c1-2-5-14-11(16)4-7-13-9-3-6-12-8-10(9)15(17)18/h3,6,8H,2,4-5,7H2,1H3,(H,12,13)(H,14,16). The Morgan fingerprint density at radius 1 is 1.50 bits per heavy atom. The van der Waals surface area contributed by atoms with Crippen LogP contribution in [0.2, 0.25) is 0 Å². The molecule has 0 aliphatic heterocycles. The number of anilines is 1. The van der Waals surface area contributed by atoms with E-state index in [9.17, 15) is 14.9 Å². The molecule has 0 saturated heterocycles. The van der Waals surface area contributed by atoms with Crippen LogP contribution in [0, 0.1) is 10.1 Å². The second kappa shape index (κ2) is 7.21. The van der Waals surface area contributed by atoms with E-state index < -0.39 is 4.92 Å². The minimum atomic E-state index is -0.507. The van der Waals surface area contributed by atoms with Gasteiger partial charge in [0, 0.05) is 25.7 Å². The molecule has 0 saturated carbocycles. The maximum absolute atomic E-state index is 11.3. The maximum atomic E-state index is 11.3. The Morgan fingerprint density at radius 2 is 2.28 bits per heavy atom. The van der Waals surface area contributed by atoms with Gasteiger partial charge in [0.2, 0.25) is 5.91 Å². The van der Waals surface area contributed by atoms with E-state index in [0.717, 1.165) is 6.42 Å². The lowest BCUT2D eigenvalue weighted by Gasteiger charge is -2.06. The van der Waals surface area contributed by atoms with Gasteiger partial charge in [-0.3, -0.25) is 19.9 Å². The van der Waals surface area contributed by atoms with E-state index in [1.807, 2.05) is 6.92 Å². The first-order valence-electron chi connectivity index (χ1n) is 5.74. The third kappa shape index (κ3) is 4.36. The van der Waals surface area contributed by atoms with Crippen molar-refractivity contribution >= 4 is 17.3 Å². The van der Waals surface area contributed by atoms with Crippen molar-refractivity contribution in [2.45, 2.75) is 19.8 Å². The predicted molar refractivity (Wildman–Crippen MR) is 67.3 cm³/mol. The highest BCUT2D eigenvalue weighted by atomic mass is 16.6. The van der Waals surface area contributed by atoms with Crippen molar-refractivity contribution in [3.05, 3.63) is 28.6 Å². The van der Waals surface area contributed by atoms with Crippen LogP contribution in [0.4, 0.5) is 11.4 Å². The van der Waals surface area contributed by atoms with Gasteiger partial charge in [-0.1, -0.05) is 6.92 Å². The molecule has 0 aliphatic carbocycles. The Kier molecular flexibility index (Phi) is 5.56. The first-order valence-corrected chi connectivity index (χ1v) is 5.74. The third-order valence-electron chi connectivity index (χ3n) is 2.24. The Hall–Kier alpha value is -2.18. The van der Waals surface area contributed by atoms with Crippen LogP contribution in [-0.4, -0.2) is 28.9 Å². The maximum Gasteiger partial charge on any atom is 0.310 e. The van der Waals surface area contributed by atoms with Gasteiger partial charge in [-0.05, 0) is 12.5 Å². The summed E-state index contributed by atoms with van der Waals surface area (Å²) in [5.74, 6) is -0.0685. The van der Waals surface area contributed by atoms with Gasteiger partial charge in [-0.15, -0.1) is 0 Å². The van der Waals surface area contributed by atoms with Gasteiger partial charge < -0.3 is 10.6 Å². The summed E-state index contributed by atoms with van der Waals surface area (Å²) in [6, 6.07) is 1.52. The first kappa shape index (κ1) is 13.9. The first-order chi connectivity index (χ1) is 8.65. The molecule has 1 aromatic heterocycles. The van der Waals surface area contributed by atoms with Crippen LogP contribution in [-0.2, 0) is 4.79 Å². The average molecular weight is 252 g/mol. The van der Waals surface area contributed by atoms with Crippen molar-refractivity contribution in [3.8, 4) is 0 Å². The van der Waals surface area contributed by atoms with Crippen LogP contribution < -0.4 is 10.6 Å². The van der Waals surface area contributed by atoms with E-state index in [1.165, 1.54) is 18.5 Å². The molecule has 18 heavy (non-hydrogen) atoms. The Labute approximate surface area is 105 Å². The van der Waals surface area contributed by atoms with Crippen molar-refractivity contribution < 1.29 is 9.72 Å². The van der Waals surface area contributed by atoms with Gasteiger partial charge >= 0.3 is 5.69 Å². The second-order valence-electron chi connectivity index (χ2n) is 3.68. The van der Waals surface area contributed by atoms with Crippen LogP contribution in [0.5, 0.6) is 0 Å². The molecule has 0 bridgehead atoms. The lowest BCUT2D eigenvalue weighted by Crippen LogP contribution is -2.25. The monoisotopic (exact) mass is 252 g/mol. The van der Waals surface area contributed by atoms with Gasteiger partial charge in [-0.2, -0.15) is 0 Å². The summed E-state index contributed by atoms with van der Waals surface area (Å²) in [4.78, 5) is 25.2. The molecule has 7 nitrogen and oxygen atoms in total. The summed E-state index contributed by atoms with van der Waals surface area (Å²) in [6.45, 7) is 2.97. The highest BCUT2D eigenvalue weighted by Crippen LogP contribution is 2.21. The molecule has 0 unspecified atom stereocenters. The van der Waals surface area contributed by atoms with Crippen molar-refractivity contribution in [2.75, 3.05) is 18.4 Å². The highest BCUT2D eigenvalue weighted by molar-refractivity contribution is 5.76. The van der Waals surface area contributed by atoms with Gasteiger partial charge in [0.05, 0.1) is 4.92 Å². The zero-order chi connectivity index (χ0) is 13.4. The molecular formula is C11H16N4O3. The van der Waals surface area contributed by atoms with Crippen molar-refractivity contribution in [3.63, 3.8) is 0 Å². The number of hydrogen-bond donors (Lipinski definition) is 2. The van der Waals surface area contributed by atoms with E-state index in [0.29, 0.717) is 18.8 Å². The van der Waals surface area contributed by atoms with Gasteiger partial charge in [-0.25, -0.2) is 0 Å². The minimum Gasteiger partial charge on any atom is -0.379 e. The lowest BCUT2D eigenvalue weighted by atomic mass is 10.3. The fourth-order valence-electron chi connectivity index (χ4n) is 1.34. The largest absolute Gasteiger partial charge is 0.379 e. The van der Waals surface area contributed by atoms with Gasteiger partial charge in [0.25, 0.3) is 0 Å². The summed E-state index contributed by atoms with van der Waals surface area (Å²) in [5, 5.41) is 16.3. The molecule has 2 N–H and O–H groups in total. The smallest absolute Gasteiger partial charge is 0.310 e. The minimum absolute atomic E-state index is 0.0685. The SMILES string of the molecule is CCCNC(=O)CCNc1ccncc1[N+](=O)[O-]. The fourth-order valence-corrected chi connectivity index (χ4v) is 1.34. The van der Waals surface area contributed by atoms with E-state index >= 15 is 0 Å². The molecule has 0 atom stereocenters. The normalized spacial score (nSPS) is 9.83. The molecule has 7 heteroatoms. The topological polar surface area (TPSA) is 97.2 Å². The van der Waals surface area contributed by atoms with Gasteiger partial charge in [0.15, 0.2) is 0 Å². The molecule has 0 radical (unpaired) electrons. The second-order valence-corrected chi connectivity index (χ2v) is 3.68. The number of aromatic nitrogens is 1. The molecule has 1 rings (SSSR count). The summed E-state index contributed by atoms with van der Waals surface area (Å²) >= 11 is 0. The molecule has 0 fully saturated rings. The number of carbonyl (C=O) groups is 1. The highest BCUT2D eigenvalue weighted by Gasteiger charge is 2.12. The number of amides is 1. The zero-order valence-electron chi connectivity index (χ0n) is 10.2. The Morgan fingerprint density at radius 3 is 2.94 bits per heavy atom. The molecule has 0 spiro atoms. The molecule has 1 aromatic rings. The van der Waals surface area contributed by atoms with Crippen molar-refractivity contribution in [1.29, 1.82) is 0 Å². The summed E-state index contributed by atoms with van der Waals surface area (Å²) < 4.78 is 0. The number of hydrogen-bond acceptors (Lipinski definition) is 5. The number of rotatable bonds is 7. The number of carbonyl (C=O) groups excluding carboxylic acids is 1. The molecule has 98 valence electrons. The van der Waals surface area contributed by atoms with Crippen LogP contribution in [0.25, 0.3) is 0 Å². The Balaban J connectivity index is 2.44.